The maximum absolute atomic E-state index is 6.03. The summed E-state index contributed by atoms with van der Waals surface area (Å²) in [5.74, 6) is 0. The van der Waals surface area contributed by atoms with Crippen LogP contribution >= 0.6 is 23.4 Å². The van der Waals surface area contributed by atoms with Gasteiger partial charge in [0.2, 0.25) is 0 Å². The van der Waals surface area contributed by atoms with Crippen LogP contribution in [0.5, 0.6) is 0 Å². The molecule has 0 atom stereocenters. The van der Waals surface area contributed by atoms with Crippen molar-refractivity contribution in [2.75, 3.05) is 6.54 Å². The molecule has 2 heterocycles. The Hall–Kier alpha value is -2.30. The van der Waals surface area contributed by atoms with E-state index in [-0.39, 0.29) is 0 Å². The minimum Gasteiger partial charge on any atom is -0.279 e. The lowest BCUT2D eigenvalue weighted by Gasteiger charge is -2.11. The van der Waals surface area contributed by atoms with Crippen molar-refractivity contribution in [2.24, 2.45) is 4.99 Å². The molecule has 2 aromatic rings. The summed E-state index contributed by atoms with van der Waals surface area (Å²) < 4.78 is 1.98. The molecule has 1 aliphatic heterocycles. The summed E-state index contributed by atoms with van der Waals surface area (Å²) in [6.07, 6.45) is 16.9. The fourth-order valence-electron chi connectivity index (χ4n) is 3.22. The molecule has 5 heteroatoms. The number of halogens is 1. The molecular formula is C23H22ClN3S. The number of aromatic nitrogens is 2. The second-order valence-electron chi connectivity index (χ2n) is 6.68. The zero-order valence-electron chi connectivity index (χ0n) is 15.8. The van der Waals surface area contributed by atoms with E-state index >= 15 is 0 Å². The van der Waals surface area contributed by atoms with Crippen LogP contribution < -0.4 is 0 Å². The van der Waals surface area contributed by atoms with Gasteiger partial charge in [0.15, 0.2) is 0 Å². The Kier molecular flexibility index (Phi) is 5.98. The fraction of sp³-hybridized carbons (Fsp3) is 0.217. The van der Waals surface area contributed by atoms with Gasteiger partial charge >= 0.3 is 0 Å². The highest BCUT2D eigenvalue weighted by molar-refractivity contribution is 7.99. The Balaban J connectivity index is 1.66. The topological polar surface area (TPSA) is 30.2 Å². The highest BCUT2D eigenvalue weighted by atomic mass is 35.5. The lowest BCUT2D eigenvalue weighted by atomic mass is 10.0. The Labute approximate surface area is 175 Å². The third-order valence-corrected chi connectivity index (χ3v) is 6.03. The lowest BCUT2D eigenvalue weighted by molar-refractivity contribution is 0.657. The Bertz CT molecular complexity index is 1010. The van der Waals surface area contributed by atoms with Crippen LogP contribution in [0.3, 0.4) is 0 Å². The molecule has 0 bridgehead atoms. The molecule has 142 valence electrons. The molecule has 3 nitrogen and oxygen atoms in total. The van der Waals surface area contributed by atoms with Crippen molar-refractivity contribution in [3.8, 4) is 0 Å². The standard InChI is InChI=1S/C23H22ClN3S/c1-2-27-16-22(28-20-13-11-19(24)12-14-20)23(26-27)21-10-6-9-17-7-4-3-5-8-18(17)15-25-21/h3-7,10-14,16H,2,8-9,15H2,1H3. The van der Waals surface area contributed by atoms with Gasteiger partial charge in [-0.3, -0.25) is 9.67 Å². The number of allylic oxidation sites excluding steroid dienone is 7. The van der Waals surface area contributed by atoms with E-state index in [4.69, 9.17) is 21.7 Å². The van der Waals surface area contributed by atoms with Crippen LogP contribution in [0.4, 0.5) is 0 Å². The van der Waals surface area contributed by atoms with Crippen molar-refractivity contribution in [3.63, 3.8) is 0 Å². The quantitative estimate of drug-likeness (QED) is 0.597. The number of hydrogen-bond donors (Lipinski definition) is 0. The van der Waals surface area contributed by atoms with Crippen molar-refractivity contribution in [1.82, 2.24) is 9.78 Å². The van der Waals surface area contributed by atoms with Crippen molar-refractivity contribution >= 4 is 29.1 Å². The molecule has 1 aromatic heterocycles. The average Bonchev–Trinajstić information content (AvgIpc) is 2.96. The SMILES string of the molecule is CCn1cc(Sc2ccc(Cl)cc2)c(C2=NCC3=C(C=CC=CC3)CC=C2)n1. The fourth-order valence-corrected chi connectivity index (χ4v) is 4.29. The molecule has 2 aliphatic rings. The first-order valence-corrected chi connectivity index (χ1v) is 10.7. The highest BCUT2D eigenvalue weighted by Crippen LogP contribution is 2.32. The van der Waals surface area contributed by atoms with Gasteiger partial charge in [0.1, 0.15) is 5.69 Å². The maximum Gasteiger partial charge on any atom is 0.124 e. The van der Waals surface area contributed by atoms with Gasteiger partial charge in [-0.05, 0) is 61.3 Å². The van der Waals surface area contributed by atoms with E-state index in [0.29, 0.717) is 6.54 Å². The average molecular weight is 408 g/mol. The summed E-state index contributed by atoms with van der Waals surface area (Å²) in [7, 11) is 0. The monoisotopic (exact) mass is 407 g/mol. The molecule has 1 aromatic carbocycles. The van der Waals surface area contributed by atoms with Gasteiger partial charge in [-0.2, -0.15) is 5.10 Å². The molecule has 0 saturated carbocycles. The highest BCUT2D eigenvalue weighted by Gasteiger charge is 2.16. The van der Waals surface area contributed by atoms with Crippen molar-refractivity contribution in [2.45, 2.75) is 36.1 Å². The number of aryl methyl sites for hydroxylation is 1. The first-order valence-electron chi connectivity index (χ1n) is 9.49. The molecule has 0 saturated heterocycles. The van der Waals surface area contributed by atoms with E-state index in [0.717, 1.165) is 45.6 Å². The van der Waals surface area contributed by atoms with Crippen LogP contribution in [0, 0.1) is 0 Å². The molecule has 28 heavy (non-hydrogen) atoms. The number of aliphatic imine (C=N–C) groups is 1. The third-order valence-electron chi connectivity index (χ3n) is 4.75. The lowest BCUT2D eigenvalue weighted by Crippen LogP contribution is -2.06. The van der Waals surface area contributed by atoms with Gasteiger partial charge in [0, 0.05) is 22.7 Å². The summed E-state index contributed by atoms with van der Waals surface area (Å²) in [4.78, 5) is 7.19. The van der Waals surface area contributed by atoms with E-state index in [1.807, 2.05) is 28.9 Å². The van der Waals surface area contributed by atoms with E-state index in [2.05, 4.69) is 49.6 Å². The smallest absolute Gasteiger partial charge is 0.124 e. The Morgan fingerprint density at radius 3 is 2.75 bits per heavy atom. The third kappa shape index (κ3) is 4.40. The molecular weight excluding hydrogens is 386 g/mol. The zero-order valence-corrected chi connectivity index (χ0v) is 17.4. The Morgan fingerprint density at radius 1 is 1.07 bits per heavy atom. The first kappa shape index (κ1) is 19.0. The number of rotatable bonds is 4. The van der Waals surface area contributed by atoms with Crippen LogP contribution in [-0.2, 0) is 6.54 Å². The Morgan fingerprint density at radius 2 is 1.93 bits per heavy atom. The normalized spacial score (nSPS) is 16.4. The van der Waals surface area contributed by atoms with E-state index in [1.54, 1.807) is 11.8 Å². The minimum atomic E-state index is 0.716. The molecule has 0 N–H and O–H groups in total. The molecule has 0 amide bonds. The van der Waals surface area contributed by atoms with E-state index in [9.17, 15) is 0 Å². The molecule has 0 spiro atoms. The van der Waals surface area contributed by atoms with E-state index < -0.39 is 0 Å². The number of hydrogen-bond acceptors (Lipinski definition) is 3. The van der Waals surface area contributed by atoms with E-state index in [1.165, 1.54) is 11.1 Å². The minimum absolute atomic E-state index is 0.716. The van der Waals surface area contributed by atoms with Gasteiger partial charge < -0.3 is 0 Å². The molecule has 0 fully saturated rings. The predicted octanol–water partition coefficient (Wildman–Crippen LogP) is 6.27. The summed E-state index contributed by atoms with van der Waals surface area (Å²) in [5.41, 5.74) is 4.65. The van der Waals surface area contributed by atoms with Gasteiger partial charge in [-0.1, -0.05) is 53.7 Å². The summed E-state index contributed by atoms with van der Waals surface area (Å²) in [6, 6.07) is 7.92. The maximum atomic E-state index is 6.03. The number of nitrogens with zero attached hydrogens (tertiary/aromatic N) is 3. The molecule has 0 unspecified atom stereocenters. The van der Waals surface area contributed by atoms with Crippen LogP contribution in [0.25, 0.3) is 0 Å². The summed E-state index contributed by atoms with van der Waals surface area (Å²) >= 11 is 7.73. The van der Waals surface area contributed by atoms with Crippen molar-refractivity contribution in [3.05, 3.63) is 88.8 Å². The molecule has 1 aliphatic carbocycles. The van der Waals surface area contributed by atoms with Crippen LogP contribution in [0.15, 0.2) is 92.8 Å². The van der Waals surface area contributed by atoms with Gasteiger partial charge in [-0.25, -0.2) is 0 Å². The second-order valence-corrected chi connectivity index (χ2v) is 8.23. The van der Waals surface area contributed by atoms with Crippen LogP contribution in [0.2, 0.25) is 5.02 Å². The second kappa shape index (κ2) is 8.80. The van der Waals surface area contributed by atoms with Crippen molar-refractivity contribution < 1.29 is 0 Å². The number of benzene rings is 1. The van der Waals surface area contributed by atoms with Crippen LogP contribution in [0.1, 0.15) is 25.5 Å². The largest absolute Gasteiger partial charge is 0.279 e. The van der Waals surface area contributed by atoms with Crippen molar-refractivity contribution in [1.29, 1.82) is 0 Å². The predicted molar refractivity (Wildman–Crippen MR) is 119 cm³/mol. The first-order chi connectivity index (χ1) is 13.7. The molecule has 0 radical (unpaired) electrons. The zero-order chi connectivity index (χ0) is 19.3. The summed E-state index contributed by atoms with van der Waals surface area (Å²) in [6.45, 7) is 3.65. The van der Waals surface area contributed by atoms with Gasteiger partial charge in [0.25, 0.3) is 0 Å². The van der Waals surface area contributed by atoms with Gasteiger partial charge in [-0.15, -0.1) is 0 Å². The summed E-state index contributed by atoms with van der Waals surface area (Å²) in [5, 5.41) is 5.55. The molecule has 4 rings (SSSR count). The van der Waals surface area contributed by atoms with Crippen LogP contribution in [-0.4, -0.2) is 22.0 Å². The van der Waals surface area contributed by atoms with Gasteiger partial charge in [0.05, 0.1) is 17.2 Å².